The molecule has 2 saturated heterocycles. The van der Waals surface area contributed by atoms with E-state index in [0.29, 0.717) is 5.69 Å². The van der Waals surface area contributed by atoms with Crippen LogP contribution in [-0.4, -0.2) is 47.2 Å². The van der Waals surface area contributed by atoms with Gasteiger partial charge in [0.05, 0.1) is 0 Å². The van der Waals surface area contributed by atoms with Gasteiger partial charge in [0, 0.05) is 19.3 Å². The molecule has 2 aliphatic heterocycles. The zero-order valence-electron chi connectivity index (χ0n) is 9.85. The summed E-state index contributed by atoms with van der Waals surface area (Å²) in [6.45, 7) is 3.99. The molecule has 0 unspecified atom stereocenters. The van der Waals surface area contributed by atoms with Gasteiger partial charge in [-0.25, -0.2) is 0 Å². The number of carbonyl (C=O) groups is 1. The minimum absolute atomic E-state index is 0.0930. The maximum atomic E-state index is 12.2. The number of H-pyrrole nitrogens is 1. The highest BCUT2D eigenvalue weighted by Crippen LogP contribution is 2.27. The van der Waals surface area contributed by atoms with Crippen molar-refractivity contribution in [2.45, 2.75) is 12.8 Å². The van der Waals surface area contributed by atoms with E-state index in [9.17, 15) is 4.79 Å². The molecule has 3 heterocycles. The van der Waals surface area contributed by atoms with Gasteiger partial charge in [0.15, 0.2) is 0 Å². The number of likely N-dealkylation sites (tertiary alicyclic amines) is 1. The normalized spacial score (nSPS) is 28.8. The van der Waals surface area contributed by atoms with Crippen molar-refractivity contribution < 1.29 is 4.79 Å². The molecule has 0 saturated carbocycles. The Morgan fingerprint density at radius 1 is 1.29 bits per heavy atom. The number of carbonyl (C=O) groups excluding carboxylic acids is 1. The van der Waals surface area contributed by atoms with Crippen molar-refractivity contribution in [3.05, 3.63) is 18.0 Å². The molecule has 2 N–H and O–H groups in total. The van der Waals surface area contributed by atoms with Crippen LogP contribution < -0.4 is 5.32 Å². The van der Waals surface area contributed by atoms with E-state index in [-0.39, 0.29) is 5.91 Å². The molecule has 3 rings (SSSR count). The molecule has 0 aromatic carbocycles. The first-order valence-corrected chi connectivity index (χ1v) is 6.34. The lowest BCUT2D eigenvalue weighted by atomic mass is 9.92. The second-order valence-electron chi connectivity index (χ2n) is 5.02. The van der Waals surface area contributed by atoms with Gasteiger partial charge in [-0.15, -0.1) is 0 Å². The molecule has 1 aromatic heterocycles. The number of nitrogens with one attached hydrogen (secondary N) is 2. The van der Waals surface area contributed by atoms with Crippen LogP contribution in [0.5, 0.6) is 0 Å². The SMILES string of the molecule is O=C(c1ccn[nH]1)N1CC[C@@H]2CNC[C@@H]2CC1. The summed E-state index contributed by atoms with van der Waals surface area (Å²) in [6, 6.07) is 1.75. The summed E-state index contributed by atoms with van der Waals surface area (Å²) in [6.07, 6.45) is 3.87. The van der Waals surface area contributed by atoms with Crippen LogP contribution in [0.2, 0.25) is 0 Å². The second-order valence-corrected chi connectivity index (χ2v) is 5.02. The zero-order valence-corrected chi connectivity index (χ0v) is 9.85. The fourth-order valence-electron chi connectivity index (χ4n) is 2.97. The Morgan fingerprint density at radius 3 is 2.59 bits per heavy atom. The molecule has 0 radical (unpaired) electrons. The molecule has 0 spiro atoms. The molecule has 1 aromatic rings. The highest BCUT2D eigenvalue weighted by Gasteiger charge is 2.31. The Balaban J connectivity index is 1.67. The summed E-state index contributed by atoms with van der Waals surface area (Å²) in [5.41, 5.74) is 0.607. The molecule has 2 fully saturated rings. The fraction of sp³-hybridized carbons (Fsp3) is 0.667. The molecular formula is C12H18N4O. The van der Waals surface area contributed by atoms with Gasteiger partial charge in [-0.05, 0) is 43.8 Å². The van der Waals surface area contributed by atoms with Gasteiger partial charge >= 0.3 is 0 Å². The van der Waals surface area contributed by atoms with Gasteiger partial charge < -0.3 is 10.2 Å². The van der Waals surface area contributed by atoms with Crippen LogP contribution in [0.4, 0.5) is 0 Å². The number of nitrogens with zero attached hydrogens (tertiary/aromatic N) is 2. The van der Waals surface area contributed by atoms with Crippen molar-refractivity contribution in [3.8, 4) is 0 Å². The molecular weight excluding hydrogens is 216 g/mol. The molecule has 0 bridgehead atoms. The molecule has 1 amide bonds. The maximum absolute atomic E-state index is 12.2. The minimum Gasteiger partial charge on any atom is -0.337 e. The first kappa shape index (κ1) is 10.8. The predicted molar refractivity (Wildman–Crippen MR) is 63.6 cm³/mol. The third-order valence-electron chi connectivity index (χ3n) is 4.04. The Kier molecular flexibility index (Phi) is 2.84. The van der Waals surface area contributed by atoms with Crippen LogP contribution >= 0.6 is 0 Å². The van der Waals surface area contributed by atoms with Crippen LogP contribution in [0.25, 0.3) is 0 Å². The van der Waals surface area contributed by atoms with E-state index < -0.39 is 0 Å². The standard InChI is InChI=1S/C12H18N4O/c17-12(11-1-4-14-15-11)16-5-2-9-7-13-8-10(9)3-6-16/h1,4,9-10,13H,2-3,5-8H2,(H,14,15)/t9-,10+. The molecule has 2 aliphatic rings. The Labute approximate surface area is 101 Å². The average Bonchev–Trinajstić information content (AvgIpc) is 2.97. The predicted octanol–water partition coefficient (Wildman–Crippen LogP) is 0.481. The van der Waals surface area contributed by atoms with E-state index in [1.54, 1.807) is 12.3 Å². The Hall–Kier alpha value is -1.36. The van der Waals surface area contributed by atoms with Crippen molar-refractivity contribution in [1.29, 1.82) is 0 Å². The monoisotopic (exact) mass is 234 g/mol. The van der Waals surface area contributed by atoms with Crippen molar-refractivity contribution in [2.75, 3.05) is 26.2 Å². The van der Waals surface area contributed by atoms with E-state index in [4.69, 9.17) is 0 Å². The number of fused-ring (bicyclic) bond motifs is 1. The number of aromatic nitrogens is 2. The molecule has 92 valence electrons. The lowest BCUT2D eigenvalue weighted by molar-refractivity contribution is 0.0752. The van der Waals surface area contributed by atoms with Gasteiger partial charge in [-0.1, -0.05) is 0 Å². The Morgan fingerprint density at radius 2 is 2.00 bits per heavy atom. The average molecular weight is 234 g/mol. The number of hydrogen-bond donors (Lipinski definition) is 2. The summed E-state index contributed by atoms with van der Waals surface area (Å²) in [4.78, 5) is 14.1. The van der Waals surface area contributed by atoms with E-state index >= 15 is 0 Å². The minimum atomic E-state index is 0.0930. The maximum Gasteiger partial charge on any atom is 0.271 e. The van der Waals surface area contributed by atoms with Crippen LogP contribution in [-0.2, 0) is 0 Å². The number of amides is 1. The van der Waals surface area contributed by atoms with E-state index in [0.717, 1.165) is 50.9 Å². The van der Waals surface area contributed by atoms with Crippen molar-refractivity contribution in [1.82, 2.24) is 20.4 Å². The molecule has 0 aliphatic carbocycles. The van der Waals surface area contributed by atoms with Crippen molar-refractivity contribution >= 4 is 5.91 Å². The van der Waals surface area contributed by atoms with E-state index in [1.165, 1.54) is 0 Å². The molecule has 17 heavy (non-hydrogen) atoms. The highest BCUT2D eigenvalue weighted by molar-refractivity contribution is 5.92. The van der Waals surface area contributed by atoms with Gasteiger partial charge in [0.25, 0.3) is 5.91 Å². The lowest BCUT2D eigenvalue weighted by Crippen LogP contribution is -2.33. The number of rotatable bonds is 1. The van der Waals surface area contributed by atoms with E-state index in [2.05, 4.69) is 15.5 Å². The zero-order chi connectivity index (χ0) is 11.7. The molecule has 2 atom stereocenters. The smallest absolute Gasteiger partial charge is 0.271 e. The number of aromatic amines is 1. The molecule has 5 heteroatoms. The van der Waals surface area contributed by atoms with Gasteiger partial charge in [0.1, 0.15) is 5.69 Å². The summed E-state index contributed by atoms with van der Waals surface area (Å²) in [7, 11) is 0. The first-order valence-electron chi connectivity index (χ1n) is 6.34. The van der Waals surface area contributed by atoms with E-state index in [1.807, 2.05) is 4.90 Å². The summed E-state index contributed by atoms with van der Waals surface area (Å²) in [5, 5.41) is 10.0. The van der Waals surface area contributed by atoms with Crippen molar-refractivity contribution in [3.63, 3.8) is 0 Å². The van der Waals surface area contributed by atoms with Crippen LogP contribution in [0, 0.1) is 11.8 Å². The molecule has 5 nitrogen and oxygen atoms in total. The van der Waals surface area contributed by atoms with Crippen LogP contribution in [0.1, 0.15) is 23.3 Å². The fourth-order valence-corrected chi connectivity index (χ4v) is 2.97. The summed E-state index contributed by atoms with van der Waals surface area (Å²) in [5.74, 6) is 1.61. The Bertz CT molecular complexity index is 375. The third kappa shape index (κ3) is 2.07. The summed E-state index contributed by atoms with van der Waals surface area (Å²) < 4.78 is 0. The first-order chi connectivity index (χ1) is 8.34. The lowest BCUT2D eigenvalue weighted by Gasteiger charge is -2.19. The van der Waals surface area contributed by atoms with Crippen LogP contribution in [0.3, 0.4) is 0 Å². The quantitative estimate of drug-likeness (QED) is 0.743. The largest absolute Gasteiger partial charge is 0.337 e. The topological polar surface area (TPSA) is 61.0 Å². The van der Waals surface area contributed by atoms with Gasteiger partial charge in [0.2, 0.25) is 0 Å². The van der Waals surface area contributed by atoms with Crippen molar-refractivity contribution in [2.24, 2.45) is 11.8 Å². The summed E-state index contributed by atoms with van der Waals surface area (Å²) >= 11 is 0. The third-order valence-corrected chi connectivity index (χ3v) is 4.04. The van der Waals surface area contributed by atoms with Crippen LogP contribution in [0.15, 0.2) is 12.3 Å². The number of hydrogen-bond acceptors (Lipinski definition) is 3. The highest BCUT2D eigenvalue weighted by atomic mass is 16.2. The second kappa shape index (κ2) is 4.49. The van der Waals surface area contributed by atoms with Gasteiger partial charge in [-0.2, -0.15) is 5.10 Å². The van der Waals surface area contributed by atoms with Gasteiger partial charge in [-0.3, -0.25) is 9.89 Å².